The van der Waals surface area contributed by atoms with Gasteiger partial charge in [-0.15, -0.1) is 0 Å². The van der Waals surface area contributed by atoms with E-state index in [0.29, 0.717) is 16.8 Å². The Hall–Kier alpha value is -1.88. The predicted molar refractivity (Wildman–Crippen MR) is 67.9 cm³/mol. The molecule has 2 aromatic rings. The van der Waals surface area contributed by atoms with Gasteiger partial charge >= 0.3 is 0 Å². The molecule has 0 atom stereocenters. The number of aryl methyl sites for hydroxylation is 2. The molecule has 1 heterocycles. The second-order valence-electron chi connectivity index (χ2n) is 3.92. The summed E-state index contributed by atoms with van der Waals surface area (Å²) in [7, 11) is 0. The predicted octanol–water partition coefficient (Wildman–Crippen LogP) is 3.34. The first-order valence-electron chi connectivity index (χ1n) is 5.22. The average molecular weight is 268 g/mol. The van der Waals surface area contributed by atoms with Crippen molar-refractivity contribution in [2.45, 2.75) is 13.8 Å². The lowest BCUT2D eigenvalue weighted by Gasteiger charge is -2.10. The molecule has 0 saturated heterocycles. The first-order chi connectivity index (χ1) is 8.47. The van der Waals surface area contributed by atoms with E-state index >= 15 is 0 Å². The van der Waals surface area contributed by atoms with E-state index in [9.17, 15) is 9.50 Å². The zero-order valence-electron chi connectivity index (χ0n) is 9.83. The highest BCUT2D eigenvalue weighted by atomic mass is 35.5. The van der Waals surface area contributed by atoms with Crippen LogP contribution >= 0.6 is 11.6 Å². The number of phenolic OH excluding ortho intramolecular Hbond substituents is 1. The molecular formula is C12H11ClFN3O. The van der Waals surface area contributed by atoms with Gasteiger partial charge in [-0.05, 0) is 48.7 Å². The van der Waals surface area contributed by atoms with Gasteiger partial charge in [-0.2, -0.15) is 4.98 Å². The fourth-order valence-electron chi connectivity index (χ4n) is 1.60. The van der Waals surface area contributed by atoms with Gasteiger partial charge in [0.05, 0.1) is 6.20 Å². The highest BCUT2D eigenvalue weighted by Gasteiger charge is 2.08. The first-order valence-corrected chi connectivity index (χ1v) is 5.60. The number of anilines is 2. The van der Waals surface area contributed by atoms with Crippen LogP contribution < -0.4 is 5.32 Å². The molecule has 0 aliphatic rings. The maximum absolute atomic E-state index is 13.4. The molecule has 0 aliphatic heterocycles. The molecule has 0 unspecified atom stereocenters. The minimum absolute atomic E-state index is 0.000472. The van der Waals surface area contributed by atoms with E-state index in [0.717, 1.165) is 6.20 Å². The Kier molecular flexibility index (Phi) is 3.34. The van der Waals surface area contributed by atoms with E-state index in [2.05, 4.69) is 15.3 Å². The van der Waals surface area contributed by atoms with Crippen LogP contribution in [0, 0.1) is 19.7 Å². The zero-order chi connectivity index (χ0) is 13.3. The van der Waals surface area contributed by atoms with E-state index in [-0.39, 0.29) is 16.9 Å². The summed E-state index contributed by atoms with van der Waals surface area (Å²) in [4.78, 5) is 7.29. The molecule has 0 bridgehead atoms. The van der Waals surface area contributed by atoms with Crippen molar-refractivity contribution >= 4 is 23.1 Å². The second kappa shape index (κ2) is 4.78. The maximum Gasteiger partial charge on any atom is 0.224 e. The van der Waals surface area contributed by atoms with E-state index in [1.807, 2.05) is 0 Å². The summed E-state index contributed by atoms with van der Waals surface area (Å²) < 4.78 is 13.4. The molecular weight excluding hydrogens is 257 g/mol. The molecule has 94 valence electrons. The fraction of sp³-hybridized carbons (Fsp3) is 0.167. The summed E-state index contributed by atoms with van der Waals surface area (Å²) in [5.41, 5.74) is 2.01. The Morgan fingerprint density at radius 3 is 2.50 bits per heavy atom. The number of benzene rings is 1. The van der Waals surface area contributed by atoms with Crippen LogP contribution in [0.1, 0.15) is 11.1 Å². The molecule has 4 nitrogen and oxygen atoms in total. The van der Waals surface area contributed by atoms with Gasteiger partial charge in [0, 0.05) is 5.69 Å². The Labute approximate surface area is 108 Å². The SMILES string of the molecule is Cc1cc(Nc2nc(Cl)ncc2F)cc(C)c1O. The highest BCUT2D eigenvalue weighted by Crippen LogP contribution is 2.27. The number of aromatic hydroxyl groups is 1. The first kappa shape index (κ1) is 12.6. The smallest absolute Gasteiger partial charge is 0.224 e. The summed E-state index contributed by atoms with van der Waals surface area (Å²) in [6.45, 7) is 3.52. The standard InChI is InChI=1S/C12H11ClFN3O/c1-6-3-8(4-7(2)10(6)18)16-11-9(14)5-15-12(13)17-11/h3-5,18H,1-2H3,(H,15,16,17). The van der Waals surface area contributed by atoms with Crippen molar-refractivity contribution in [3.8, 4) is 5.75 Å². The molecule has 0 radical (unpaired) electrons. The molecule has 2 N–H and O–H groups in total. The summed E-state index contributed by atoms with van der Waals surface area (Å²) in [5, 5.41) is 12.4. The van der Waals surface area contributed by atoms with Crippen LogP contribution in [0.3, 0.4) is 0 Å². The van der Waals surface area contributed by atoms with Gasteiger partial charge in [0.1, 0.15) is 5.75 Å². The summed E-state index contributed by atoms with van der Waals surface area (Å²) in [6, 6.07) is 3.38. The van der Waals surface area contributed by atoms with Gasteiger partial charge < -0.3 is 10.4 Å². The third-order valence-electron chi connectivity index (χ3n) is 2.47. The molecule has 0 aliphatic carbocycles. The van der Waals surface area contributed by atoms with Gasteiger partial charge in [-0.3, -0.25) is 0 Å². The van der Waals surface area contributed by atoms with Crippen molar-refractivity contribution in [3.63, 3.8) is 0 Å². The van der Waals surface area contributed by atoms with Crippen LogP contribution in [0.5, 0.6) is 5.75 Å². The van der Waals surface area contributed by atoms with Gasteiger partial charge in [0.25, 0.3) is 0 Å². The van der Waals surface area contributed by atoms with Crippen molar-refractivity contribution in [1.29, 1.82) is 0 Å². The Morgan fingerprint density at radius 1 is 1.28 bits per heavy atom. The molecule has 0 amide bonds. The maximum atomic E-state index is 13.4. The number of nitrogens with one attached hydrogen (secondary N) is 1. The highest BCUT2D eigenvalue weighted by molar-refractivity contribution is 6.28. The van der Waals surface area contributed by atoms with E-state index in [1.165, 1.54) is 0 Å². The molecule has 6 heteroatoms. The Morgan fingerprint density at radius 2 is 1.89 bits per heavy atom. The molecule has 0 saturated carbocycles. The number of hydrogen-bond acceptors (Lipinski definition) is 4. The lowest BCUT2D eigenvalue weighted by atomic mass is 10.1. The zero-order valence-corrected chi connectivity index (χ0v) is 10.6. The van der Waals surface area contributed by atoms with Crippen molar-refractivity contribution in [2.75, 3.05) is 5.32 Å². The lowest BCUT2D eigenvalue weighted by Crippen LogP contribution is -1.99. The van der Waals surface area contributed by atoms with Crippen LogP contribution in [-0.4, -0.2) is 15.1 Å². The Balaban J connectivity index is 2.37. The molecule has 1 aromatic carbocycles. The largest absolute Gasteiger partial charge is 0.507 e. The lowest BCUT2D eigenvalue weighted by molar-refractivity contribution is 0.467. The Bertz CT molecular complexity index is 581. The van der Waals surface area contributed by atoms with Crippen LogP contribution in [0.2, 0.25) is 5.28 Å². The van der Waals surface area contributed by atoms with Crippen molar-refractivity contribution in [3.05, 3.63) is 40.6 Å². The second-order valence-corrected chi connectivity index (χ2v) is 4.26. The topological polar surface area (TPSA) is 58.0 Å². The molecule has 0 spiro atoms. The summed E-state index contributed by atoms with van der Waals surface area (Å²) in [5.74, 6) is -0.371. The number of nitrogens with zero attached hydrogens (tertiary/aromatic N) is 2. The van der Waals surface area contributed by atoms with Crippen molar-refractivity contribution < 1.29 is 9.50 Å². The number of hydrogen-bond donors (Lipinski definition) is 2. The number of rotatable bonds is 2. The van der Waals surface area contributed by atoms with E-state index in [4.69, 9.17) is 11.6 Å². The minimum atomic E-state index is -0.595. The van der Waals surface area contributed by atoms with Gasteiger partial charge in [-0.1, -0.05) is 0 Å². The fourth-order valence-corrected chi connectivity index (χ4v) is 1.73. The van der Waals surface area contributed by atoms with Crippen LogP contribution in [0.25, 0.3) is 0 Å². The number of halogens is 2. The summed E-state index contributed by atoms with van der Waals surface area (Å²) in [6.07, 6.45) is 0.998. The van der Waals surface area contributed by atoms with Crippen LogP contribution in [0.4, 0.5) is 15.9 Å². The van der Waals surface area contributed by atoms with Gasteiger partial charge in [0.15, 0.2) is 11.6 Å². The third kappa shape index (κ3) is 2.51. The molecule has 1 aromatic heterocycles. The number of phenols is 1. The minimum Gasteiger partial charge on any atom is -0.507 e. The van der Waals surface area contributed by atoms with Crippen LogP contribution in [0.15, 0.2) is 18.3 Å². The number of aromatic nitrogens is 2. The van der Waals surface area contributed by atoms with E-state index < -0.39 is 5.82 Å². The quantitative estimate of drug-likeness (QED) is 0.647. The summed E-state index contributed by atoms with van der Waals surface area (Å²) >= 11 is 5.60. The molecule has 18 heavy (non-hydrogen) atoms. The third-order valence-corrected chi connectivity index (χ3v) is 2.65. The average Bonchev–Trinajstić information content (AvgIpc) is 2.31. The van der Waals surface area contributed by atoms with Crippen LogP contribution in [-0.2, 0) is 0 Å². The van der Waals surface area contributed by atoms with Gasteiger partial charge in [-0.25, -0.2) is 9.37 Å². The van der Waals surface area contributed by atoms with Crippen molar-refractivity contribution in [1.82, 2.24) is 9.97 Å². The molecule has 0 fully saturated rings. The van der Waals surface area contributed by atoms with Gasteiger partial charge in [0.2, 0.25) is 5.28 Å². The van der Waals surface area contributed by atoms with Crippen molar-refractivity contribution in [2.24, 2.45) is 0 Å². The monoisotopic (exact) mass is 267 g/mol. The molecule has 2 rings (SSSR count). The van der Waals surface area contributed by atoms with E-state index in [1.54, 1.807) is 26.0 Å². The normalized spacial score (nSPS) is 10.4.